The van der Waals surface area contributed by atoms with Crippen LogP contribution in [0.15, 0.2) is 42.6 Å². The lowest BCUT2D eigenvalue weighted by atomic mass is 10.2. The Morgan fingerprint density at radius 3 is 2.39 bits per heavy atom. The van der Waals surface area contributed by atoms with Crippen molar-refractivity contribution in [3.8, 4) is 0 Å². The second-order valence-electron chi connectivity index (χ2n) is 5.59. The van der Waals surface area contributed by atoms with E-state index >= 15 is 0 Å². The first-order chi connectivity index (χ1) is 10.9. The molecule has 23 heavy (non-hydrogen) atoms. The van der Waals surface area contributed by atoms with Gasteiger partial charge in [-0.15, -0.1) is 0 Å². The minimum Gasteiger partial charge on any atom is -0.347 e. The van der Waals surface area contributed by atoms with Gasteiger partial charge in [0.2, 0.25) is 5.91 Å². The van der Waals surface area contributed by atoms with Crippen LogP contribution in [-0.4, -0.2) is 33.9 Å². The predicted octanol–water partition coefficient (Wildman–Crippen LogP) is 2.65. The molecule has 122 valence electrons. The highest BCUT2D eigenvalue weighted by molar-refractivity contribution is 5.98. The maximum absolute atomic E-state index is 12.9. The normalized spacial score (nSPS) is 10.7. The van der Waals surface area contributed by atoms with Gasteiger partial charge in [-0.1, -0.05) is 0 Å². The minimum atomic E-state index is -0.370. The Morgan fingerprint density at radius 2 is 1.87 bits per heavy atom. The molecule has 5 nitrogen and oxygen atoms in total. The van der Waals surface area contributed by atoms with Crippen LogP contribution in [0.25, 0.3) is 0 Å². The van der Waals surface area contributed by atoms with E-state index in [0.29, 0.717) is 11.4 Å². The van der Waals surface area contributed by atoms with Gasteiger partial charge in [0.1, 0.15) is 18.1 Å². The second kappa shape index (κ2) is 7.09. The average Bonchev–Trinajstić information content (AvgIpc) is 2.92. The van der Waals surface area contributed by atoms with E-state index in [0.717, 1.165) is 0 Å². The first kappa shape index (κ1) is 16.7. The molecule has 1 aromatic carbocycles. The van der Waals surface area contributed by atoms with Crippen molar-refractivity contribution in [1.82, 2.24) is 9.47 Å². The van der Waals surface area contributed by atoms with E-state index in [1.54, 1.807) is 29.9 Å². The highest BCUT2D eigenvalue weighted by Gasteiger charge is 2.23. The van der Waals surface area contributed by atoms with Gasteiger partial charge in [-0.05, 0) is 50.2 Å². The molecular weight excluding hydrogens is 297 g/mol. The molecule has 0 spiro atoms. The Labute approximate surface area is 134 Å². The molecule has 2 rings (SSSR count). The number of nitrogens with one attached hydrogen (secondary N) is 1. The number of anilines is 1. The third kappa shape index (κ3) is 4.18. The molecule has 1 heterocycles. The molecule has 1 N–H and O–H groups in total. The molecular formula is C17H20FN3O2. The monoisotopic (exact) mass is 317 g/mol. The molecule has 0 saturated carbocycles. The molecule has 0 aliphatic rings. The summed E-state index contributed by atoms with van der Waals surface area (Å²) in [7, 11) is 1.78. The molecule has 1 aromatic heterocycles. The second-order valence-corrected chi connectivity index (χ2v) is 5.59. The fourth-order valence-corrected chi connectivity index (χ4v) is 2.21. The summed E-state index contributed by atoms with van der Waals surface area (Å²) in [5, 5.41) is 2.66. The molecule has 2 aromatic rings. The summed E-state index contributed by atoms with van der Waals surface area (Å²) < 4.78 is 14.6. The van der Waals surface area contributed by atoms with E-state index in [9.17, 15) is 14.0 Å². The third-order valence-corrected chi connectivity index (χ3v) is 3.49. The number of rotatable bonds is 5. The Kier molecular flexibility index (Phi) is 5.16. The highest BCUT2D eigenvalue weighted by Crippen LogP contribution is 2.11. The van der Waals surface area contributed by atoms with Gasteiger partial charge in [0.05, 0.1) is 0 Å². The van der Waals surface area contributed by atoms with E-state index in [2.05, 4.69) is 5.32 Å². The number of halogens is 1. The van der Waals surface area contributed by atoms with Gasteiger partial charge >= 0.3 is 0 Å². The number of amides is 2. The van der Waals surface area contributed by atoms with Crippen molar-refractivity contribution in [3.05, 3.63) is 54.1 Å². The van der Waals surface area contributed by atoms with Crippen LogP contribution in [0.5, 0.6) is 0 Å². The van der Waals surface area contributed by atoms with Gasteiger partial charge in [0.15, 0.2) is 0 Å². The maximum Gasteiger partial charge on any atom is 0.271 e. The number of aryl methyl sites for hydroxylation is 1. The molecule has 2 amide bonds. The summed E-state index contributed by atoms with van der Waals surface area (Å²) in [4.78, 5) is 26.2. The molecule has 0 aliphatic heterocycles. The van der Waals surface area contributed by atoms with Crippen LogP contribution in [0.4, 0.5) is 10.1 Å². The van der Waals surface area contributed by atoms with E-state index in [1.807, 2.05) is 13.8 Å². The number of hydrogen-bond donors (Lipinski definition) is 1. The van der Waals surface area contributed by atoms with Crippen molar-refractivity contribution in [2.45, 2.75) is 19.9 Å². The average molecular weight is 317 g/mol. The molecule has 0 unspecified atom stereocenters. The number of carbonyl (C=O) groups is 2. The maximum atomic E-state index is 12.9. The van der Waals surface area contributed by atoms with Gasteiger partial charge in [0.25, 0.3) is 5.91 Å². The Hall–Kier alpha value is -2.63. The molecule has 0 saturated heterocycles. The topological polar surface area (TPSA) is 54.3 Å². The molecule has 6 heteroatoms. The lowest BCUT2D eigenvalue weighted by Gasteiger charge is -2.26. The Bertz CT molecular complexity index is 692. The molecule has 0 radical (unpaired) electrons. The zero-order valence-corrected chi connectivity index (χ0v) is 13.4. The quantitative estimate of drug-likeness (QED) is 0.922. The van der Waals surface area contributed by atoms with Crippen molar-refractivity contribution in [3.63, 3.8) is 0 Å². The van der Waals surface area contributed by atoms with Crippen molar-refractivity contribution >= 4 is 17.5 Å². The highest BCUT2D eigenvalue weighted by atomic mass is 19.1. The van der Waals surface area contributed by atoms with E-state index in [4.69, 9.17) is 0 Å². The van der Waals surface area contributed by atoms with E-state index < -0.39 is 0 Å². The summed E-state index contributed by atoms with van der Waals surface area (Å²) in [6, 6.07) is 8.87. The number of nitrogens with zero attached hydrogens (tertiary/aromatic N) is 2. The molecule has 0 bridgehead atoms. The lowest BCUT2D eigenvalue weighted by Crippen LogP contribution is -2.43. The SMILES string of the molecule is CC(C)N(CC(=O)Nc1ccc(F)cc1)C(=O)c1cccn1C. The van der Waals surface area contributed by atoms with Crippen molar-refractivity contribution in [1.29, 1.82) is 0 Å². The summed E-state index contributed by atoms with van der Waals surface area (Å²) in [5.41, 5.74) is 1.01. The largest absolute Gasteiger partial charge is 0.347 e. The van der Waals surface area contributed by atoms with Crippen molar-refractivity contribution in [2.24, 2.45) is 7.05 Å². The van der Waals surface area contributed by atoms with E-state index in [-0.39, 0.29) is 30.2 Å². The summed E-state index contributed by atoms with van der Waals surface area (Å²) in [6.45, 7) is 3.64. The fraction of sp³-hybridized carbons (Fsp3) is 0.294. The van der Waals surface area contributed by atoms with Crippen LogP contribution < -0.4 is 5.32 Å². The van der Waals surface area contributed by atoms with Gasteiger partial charge in [-0.3, -0.25) is 9.59 Å². The third-order valence-electron chi connectivity index (χ3n) is 3.49. The van der Waals surface area contributed by atoms with Crippen LogP contribution in [0, 0.1) is 5.82 Å². The Morgan fingerprint density at radius 1 is 1.22 bits per heavy atom. The fourth-order valence-electron chi connectivity index (χ4n) is 2.21. The van der Waals surface area contributed by atoms with Crippen LogP contribution in [0.2, 0.25) is 0 Å². The van der Waals surface area contributed by atoms with Gasteiger partial charge in [-0.25, -0.2) is 4.39 Å². The standard InChI is InChI=1S/C17H20FN3O2/c1-12(2)21(17(23)15-5-4-10-20(15)3)11-16(22)19-14-8-6-13(18)7-9-14/h4-10,12H,11H2,1-3H3,(H,19,22). The Balaban J connectivity index is 2.07. The number of benzene rings is 1. The summed E-state index contributed by atoms with van der Waals surface area (Å²) in [5.74, 6) is -0.902. The lowest BCUT2D eigenvalue weighted by molar-refractivity contribution is -0.117. The number of aromatic nitrogens is 1. The van der Waals surface area contributed by atoms with Crippen molar-refractivity contribution in [2.75, 3.05) is 11.9 Å². The minimum absolute atomic E-state index is 0.0704. The predicted molar refractivity (Wildman–Crippen MR) is 86.6 cm³/mol. The van der Waals surface area contributed by atoms with E-state index in [1.165, 1.54) is 29.2 Å². The van der Waals surface area contributed by atoms with Crippen LogP contribution in [-0.2, 0) is 11.8 Å². The summed E-state index contributed by atoms with van der Waals surface area (Å²) >= 11 is 0. The van der Waals surface area contributed by atoms with Gasteiger partial charge in [0, 0.05) is 25.0 Å². The zero-order valence-electron chi connectivity index (χ0n) is 13.4. The first-order valence-electron chi connectivity index (χ1n) is 7.36. The van der Waals surface area contributed by atoms with Crippen LogP contribution >= 0.6 is 0 Å². The summed E-state index contributed by atoms with van der Waals surface area (Å²) in [6.07, 6.45) is 1.78. The number of hydrogen-bond acceptors (Lipinski definition) is 2. The number of carbonyl (C=O) groups excluding carboxylic acids is 2. The molecule has 0 atom stereocenters. The molecule has 0 fully saturated rings. The van der Waals surface area contributed by atoms with Crippen molar-refractivity contribution < 1.29 is 14.0 Å². The first-order valence-corrected chi connectivity index (χ1v) is 7.36. The zero-order chi connectivity index (χ0) is 17.0. The molecule has 0 aliphatic carbocycles. The smallest absolute Gasteiger partial charge is 0.271 e. The van der Waals surface area contributed by atoms with Gasteiger partial charge in [-0.2, -0.15) is 0 Å². The van der Waals surface area contributed by atoms with Crippen LogP contribution in [0.3, 0.4) is 0 Å². The van der Waals surface area contributed by atoms with Crippen LogP contribution in [0.1, 0.15) is 24.3 Å². The van der Waals surface area contributed by atoms with Gasteiger partial charge < -0.3 is 14.8 Å².